The monoisotopic (exact) mass is 200 g/mol. The average molecular weight is 200 g/mol. The lowest BCUT2D eigenvalue weighted by molar-refractivity contribution is -0.137. The molecule has 5 heteroatoms. The molecule has 80 valence electrons. The van der Waals surface area contributed by atoms with E-state index in [4.69, 9.17) is 4.74 Å². The van der Waals surface area contributed by atoms with E-state index in [1.54, 1.807) is 0 Å². The smallest absolute Gasteiger partial charge is 0.324 e. The van der Waals surface area contributed by atoms with Crippen LogP contribution < -0.4 is 5.32 Å². The molecule has 0 saturated carbocycles. The van der Waals surface area contributed by atoms with Crippen molar-refractivity contribution in [1.82, 2.24) is 10.2 Å². The van der Waals surface area contributed by atoms with Crippen molar-refractivity contribution in [2.45, 2.75) is 26.4 Å². The van der Waals surface area contributed by atoms with Crippen molar-refractivity contribution in [3.05, 3.63) is 0 Å². The number of ether oxygens (including phenoxy) is 1. The van der Waals surface area contributed by atoms with E-state index in [1.165, 1.54) is 4.90 Å². The normalized spacial score (nSPS) is 17.1. The molecule has 1 saturated heterocycles. The Balaban J connectivity index is 2.39. The number of rotatable bonds is 2. The van der Waals surface area contributed by atoms with E-state index in [2.05, 4.69) is 5.32 Å². The van der Waals surface area contributed by atoms with E-state index in [0.717, 1.165) is 0 Å². The fourth-order valence-electron chi connectivity index (χ4n) is 1.07. The van der Waals surface area contributed by atoms with E-state index < -0.39 is 0 Å². The molecular weight excluding hydrogens is 184 g/mol. The third-order valence-electron chi connectivity index (χ3n) is 1.79. The van der Waals surface area contributed by atoms with Crippen LogP contribution in [0.3, 0.4) is 0 Å². The lowest BCUT2D eigenvalue weighted by Crippen LogP contribution is -2.38. The van der Waals surface area contributed by atoms with Crippen LogP contribution in [0.2, 0.25) is 0 Å². The van der Waals surface area contributed by atoms with Crippen LogP contribution in [0, 0.1) is 0 Å². The molecule has 0 bridgehead atoms. The van der Waals surface area contributed by atoms with Gasteiger partial charge in [0.2, 0.25) is 0 Å². The summed E-state index contributed by atoms with van der Waals surface area (Å²) in [7, 11) is 0. The Morgan fingerprint density at radius 1 is 1.57 bits per heavy atom. The zero-order valence-electron chi connectivity index (χ0n) is 8.79. The highest BCUT2D eigenvalue weighted by atomic mass is 16.5. The third-order valence-corrected chi connectivity index (χ3v) is 1.79. The van der Waals surface area contributed by atoms with Gasteiger partial charge in [-0.2, -0.15) is 0 Å². The first kappa shape index (κ1) is 11.0. The van der Waals surface area contributed by atoms with Gasteiger partial charge in [0, 0.05) is 13.1 Å². The molecule has 14 heavy (non-hydrogen) atoms. The summed E-state index contributed by atoms with van der Waals surface area (Å²) in [6, 6.07) is -0.326. The molecule has 0 spiro atoms. The molecule has 0 unspecified atom stereocenters. The highest BCUT2D eigenvalue weighted by molar-refractivity contribution is 5.96. The Hall–Kier alpha value is -1.10. The van der Waals surface area contributed by atoms with Gasteiger partial charge < -0.3 is 10.1 Å². The molecule has 0 aromatic carbocycles. The summed E-state index contributed by atoms with van der Waals surface area (Å²) < 4.78 is 5.28. The predicted molar refractivity (Wildman–Crippen MR) is 50.8 cm³/mol. The van der Waals surface area contributed by atoms with Crippen LogP contribution in [0.25, 0.3) is 0 Å². The second-order valence-corrected chi connectivity index (χ2v) is 4.18. The fourth-order valence-corrected chi connectivity index (χ4v) is 1.07. The molecule has 1 rings (SSSR count). The van der Waals surface area contributed by atoms with Gasteiger partial charge in [-0.1, -0.05) is 0 Å². The first-order chi connectivity index (χ1) is 6.40. The largest absolute Gasteiger partial charge is 0.366 e. The summed E-state index contributed by atoms with van der Waals surface area (Å²) in [5.41, 5.74) is -0.355. The van der Waals surface area contributed by atoms with Gasteiger partial charge in [-0.3, -0.25) is 9.69 Å². The molecule has 5 nitrogen and oxygen atoms in total. The maximum Gasteiger partial charge on any atom is 0.324 e. The molecular formula is C9H16N2O3. The molecule has 1 aliphatic rings. The van der Waals surface area contributed by atoms with Crippen LogP contribution in [-0.4, -0.2) is 42.1 Å². The van der Waals surface area contributed by atoms with Gasteiger partial charge in [0.1, 0.15) is 6.61 Å². The molecule has 0 radical (unpaired) electrons. The number of amides is 3. The van der Waals surface area contributed by atoms with Crippen molar-refractivity contribution in [3.63, 3.8) is 0 Å². The highest BCUT2D eigenvalue weighted by Gasteiger charge is 2.26. The standard InChI is InChI=1S/C9H16N2O3/c1-9(2,3)14-6-7(12)11-5-4-10-8(11)13/h4-6H2,1-3H3,(H,10,13). The van der Waals surface area contributed by atoms with Crippen LogP contribution in [0.4, 0.5) is 4.79 Å². The third kappa shape index (κ3) is 2.99. The summed E-state index contributed by atoms with van der Waals surface area (Å²) in [5, 5.41) is 2.56. The van der Waals surface area contributed by atoms with E-state index in [1.807, 2.05) is 20.8 Å². The van der Waals surface area contributed by atoms with Gasteiger partial charge >= 0.3 is 6.03 Å². The first-order valence-electron chi connectivity index (χ1n) is 4.62. The van der Waals surface area contributed by atoms with Crippen molar-refractivity contribution in [3.8, 4) is 0 Å². The Labute approximate surface area is 83.4 Å². The summed E-state index contributed by atoms with van der Waals surface area (Å²) in [6.07, 6.45) is 0. The Morgan fingerprint density at radius 2 is 2.21 bits per heavy atom. The molecule has 0 atom stereocenters. The molecule has 1 N–H and O–H groups in total. The van der Waals surface area contributed by atoms with Crippen LogP contribution in [0.15, 0.2) is 0 Å². The van der Waals surface area contributed by atoms with E-state index >= 15 is 0 Å². The zero-order valence-corrected chi connectivity index (χ0v) is 8.79. The molecule has 0 aliphatic carbocycles. The van der Waals surface area contributed by atoms with Gasteiger partial charge in [0.15, 0.2) is 0 Å². The van der Waals surface area contributed by atoms with Gasteiger partial charge in [0.05, 0.1) is 5.60 Å². The van der Waals surface area contributed by atoms with Gasteiger partial charge in [-0.05, 0) is 20.8 Å². The van der Waals surface area contributed by atoms with Crippen LogP contribution in [-0.2, 0) is 9.53 Å². The minimum atomic E-state index is -0.355. The minimum Gasteiger partial charge on any atom is -0.366 e. The molecule has 1 fully saturated rings. The second-order valence-electron chi connectivity index (χ2n) is 4.18. The summed E-state index contributed by atoms with van der Waals surface area (Å²) >= 11 is 0. The number of imide groups is 1. The molecule has 1 heterocycles. The lowest BCUT2D eigenvalue weighted by Gasteiger charge is -2.20. The zero-order chi connectivity index (χ0) is 10.8. The van der Waals surface area contributed by atoms with Gasteiger partial charge in [-0.25, -0.2) is 4.79 Å². The quantitative estimate of drug-likeness (QED) is 0.700. The van der Waals surface area contributed by atoms with E-state index in [9.17, 15) is 9.59 Å². The number of hydrogen-bond acceptors (Lipinski definition) is 3. The minimum absolute atomic E-state index is 0.0447. The van der Waals surface area contributed by atoms with Crippen molar-refractivity contribution in [1.29, 1.82) is 0 Å². The number of hydrogen-bond donors (Lipinski definition) is 1. The van der Waals surface area contributed by atoms with Crippen molar-refractivity contribution in [2.75, 3.05) is 19.7 Å². The highest BCUT2D eigenvalue weighted by Crippen LogP contribution is 2.07. The van der Waals surface area contributed by atoms with Gasteiger partial charge in [0.25, 0.3) is 5.91 Å². The average Bonchev–Trinajstić information content (AvgIpc) is 2.46. The summed E-state index contributed by atoms with van der Waals surface area (Å²) in [4.78, 5) is 23.7. The molecule has 3 amide bonds. The first-order valence-corrected chi connectivity index (χ1v) is 4.62. The topological polar surface area (TPSA) is 58.6 Å². The van der Waals surface area contributed by atoms with Crippen molar-refractivity contribution in [2.24, 2.45) is 0 Å². The van der Waals surface area contributed by atoms with E-state index in [0.29, 0.717) is 13.1 Å². The fraction of sp³-hybridized carbons (Fsp3) is 0.778. The van der Waals surface area contributed by atoms with Crippen LogP contribution in [0.1, 0.15) is 20.8 Å². The number of nitrogens with one attached hydrogen (secondary N) is 1. The van der Waals surface area contributed by atoms with Crippen molar-refractivity contribution >= 4 is 11.9 Å². The Bertz CT molecular complexity index is 245. The molecule has 1 aliphatic heterocycles. The van der Waals surface area contributed by atoms with Crippen molar-refractivity contribution < 1.29 is 14.3 Å². The second kappa shape index (κ2) is 3.96. The Morgan fingerprint density at radius 3 is 2.64 bits per heavy atom. The molecule has 0 aromatic rings. The maximum atomic E-state index is 11.4. The molecule has 0 aromatic heterocycles. The summed E-state index contributed by atoms with van der Waals surface area (Å²) in [6.45, 7) is 6.52. The number of nitrogens with zero attached hydrogens (tertiary/aromatic N) is 1. The predicted octanol–water partition coefficient (Wildman–Crippen LogP) is 0.353. The number of urea groups is 1. The maximum absolute atomic E-state index is 11.4. The SMILES string of the molecule is CC(C)(C)OCC(=O)N1CCNC1=O. The summed E-state index contributed by atoms with van der Waals surface area (Å²) in [5.74, 6) is -0.282. The number of carbonyl (C=O) groups excluding carboxylic acids is 2. The van der Waals surface area contributed by atoms with Crippen LogP contribution >= 0.6 is 0 Å². The van der Waals surface area contributed by atoms with Gasteiger partial charge in [-0.15, -0.1) is 0 Å². The lowest BCUT2D eigenvalue weighted by atomic mass is 10.2. The van der Waals surface area contributed by atoms with Crippen LogP contribution in [0.5, 0.6) is 0 Å². The van der Waals surface area contributed by atoms with E-state index in [-0.39, 0.29) is 24.1 Å². The Kier molecular flexibility index (Phi) is 3.10. The number of carbonyl (C=O) groups is 2.